The molecule has 4 aliphatic rings. The van der Waals surface area contributed by atoms with Gasteiger partial charge in [-0.25, -0.2) is 4.39 Å². The predicted molar refractivity (Wildman–Crippen MR) is 126 cm³/mol. The molecule has 36 heavy (non-hydrogen) atoms. The number of hydrogen-bond donors (Lipinski definition) is 0. The first-order valence-corrected chi connectivity index (χ1v) is 13.0. The van der Waals surface area contributed by atoms with Gasteiger partial charge in [0.2, 0.25) is 5.91 Å². The summed E-state index contributed by atoms with van der Waals surface area (Å²) in [6.07, 6.45) is 1.68. The number of carbonyl (C=O) groups excluding carboxylic acids is 1. The fraction of sp³-hybridized carbons (Fsp3) is 0.571. The summed E-state index contributed by atoms with van der Waals surface area (Å²) in [5.41, 5.74) is 1.23. The van der Waals surface area contributed by atoms with Crippen LogP contribution in [0.5, 0.6) is 0 Å². The summed E-state index contributed by atoms with van der Waals surface area (Å²) in [6.45, 7) is 4.30. The number of halogens is 4. The van der Waals surface area contributed by atoms with E-state index in [1.54, 1.807) is 0 Å². The lowest BCUT2D eigenvalue weighted by atomic mass is 9.73. The van der Waals surface area contributed by atoms with Gasteiger partial charge in [-0.2, -0.15) is 13.2 Å². The Bertz CT molecular complexity index is 1160. The number of benzene rings is 1. The lowest BCUT2D eigenvalue weighted by molar-refractivity contribution is -0.138. The number of rotatable bonds is 2. The van der Waals surface area contributed by atoms with Crippen LogP contribution in [-0.2, 0) is 23.9 Å². The zero-order chi connectivity index (χ0) is 25.2. The fourth-order valence-corrected chi connectivity index (χ4v) is 7.44. The second-order valence-corrected chi connectivity index (χ2v) is 11.2. The van der Waals surface area contributed by atoms with Crippen LogP contribution in [0, 0.1) is 17.2 Å². The molecule has 1 aromatic carbocycles. The summed E-state index contributed by atoms with van der Waals surface area (Å²) in [5, 5.41) is 0. The molecule has 4 nitrogen and oxygen atoms in total. The number of fused-ring (bicyclic) bond motifs is 2. The van der Waals surface area contributed by atoms with Gasteiger partial charge >= 0.3 is 6.18 Å². The first kappa shape index (κ1) is 23.9. The van der Waals surface area contributed by atoms with Gasteiger partial charge in [-0.15, -0.1) is 0 Å². The van der Waals surface area contributed by atoms with Gasteiger partial charge in [-0.05, 0) is 86.4 Å². The molecule has 4 heterocycles. The summed E-state index contributed by atoms with van der Waals surface area (Å²) in [7, 11) is 0. The quantitative estimate of drug-likeness (QED) is 0.506. The minimum Gasteiger partial charge on any atom is -0.334 e. The molecule has 4 atom stereocenters. The van der Waals surface area contributed by atoms with Crippen LogP contribution in [0.3, 0.4) is 0 Å². The smallest absolute Gasteiger partial charge is 0.334 e. The van der Waals surface area contributed by atoms with Crippen LogP contribution in [0.4, 0.5) is 17.6 Å². The molecule has 1 spiro atoms. The third kappa shape index (κ3) is 3.83. The molecule has 2 unspecified atom stereocenters. The van der Waals surface area contributed by atoms with Crippen LogP contribution < -0.4 is 0 Å². The van der Waals surface area contributed by atoms with Crippen molar-refractivity contribution in [1.82, 2.24) is 14.8 Å². The van der Waals surface area contributed by atoms with E-state index in [2.05, 4.69) is 16.8 Å². The molecule has 1 saturated carbocycles. The summed E-state index contributed by atoms with van der Waals surface area (Å²) in [5.74, 6) is 0.486. The van der Waals surface area contributed by atoms with Crippen molar-refractivity contribution in [2.75, 3.05) is 13.1 Å². The highest BCUT2D eigenvalue weighted by molar-refractivity contribution is 5.87. The standard InChI is InChI=1S/C28H31F4N3O/c1-17-25-13-24-20(12-21(15-33-24)28(30,31)32)16-35(25)26(36)27(17)9-6-23(14-27)34-10-7-19(8-11-34)18-2-4-22(29)5-3-18/h2-5,12,15,17,19,23,25H,6-11,13-14,16H2,1H3/t17?,23-,25?,27+/m1/s1. The van der Waals surface area contributed by atoms with E-state index in [1.165, 1.54) is 23.8 Å². The van der Waals surface area contributed by atoms with Crippen molar-refractivity contribution < 1.29 is 22.4 Å². The van der Waals surface area contributed by atoms with E-state index >= 15 is 0 Å². The Morgan fingerprint density at radius 2 is 1.81 bits per heavy atom. The van der Waals surface area contributed by atoms with Gasteiger partial charge < -0.3 is 9.80 Å². The first-order chi connectivity index (χ1) is 17.2. The van der Waals surface area contributed by atoms with Gasteiger partial charge in [0.25, 0.3) is 0 Å². The van der Waals surface area contributed by atoms with Gasteiger partial charge in [0.05, 0.1) is 11.0 Å². The average Bonchev–Trinajstić information content (AvgIpc) is 3.40. The van der Waals surface area contributed by atoms with E-state index in [0.29, 0.717) is 29.6 Å². The maximum absolute atomic E-state index is 13.8. The highest BCUT2D eigenvalue weighted by Crippen LogP contribution is 2.55. The predicted octanol–water partition coefficient (Wildman–Crippen LogP) is 5.56. The van der Waals surface area contributed by atoms with Crippen molar-refractivity contribution >= 4 is 5.91 Å². The van der Waals surface area contributed by atoms with E-state index in [-0.39, 0.29) is 30.2 Å². The highest BCUT2D eigenvalue weighted by atomic mass is 19.4. The number of aromatic nitrogens is 1. The lowest BCUT2D eigenvalue weighted by Gasteiger charge is -2.37. The monoisotopic (exact) mass is 501 g/mol. The molecule has 3 fully saturated rings. The number of pyridine rings is 1. The zero-order valence-electron chi connectivity index (χ0n) is 20.4. The maximum Gasteiger partial charge on any atom is 0.417 e. The topological polar surface area (TPSA) is 36.4 Å². The Hall–Kier alpha value is -2.48. The minimum absolute atomic E-state index is 0.00259. The van der Waals surface area contributed by atoms with Crippen molar-refractivity contribution in [2.24, 2.45) is 11.3 Å². The fourth-order valence-electron chi connectivity index (χ4n) is 7.44. The van der Waals surface area contributed by atoms with Gasteiger partial charge in [0.15, 0.2) is 0 Å². The van der Waals surface area contributed by atoms with E-state index < -0.39 is 17.2 Å². The Balaban J connectivity index is 1.14. The van der Waals surface area contributed by atoms with Crippen molar-refractivity contribution in [3.05, 3.63) is 64.7 Å². The third-order valence-electron chi connectivity index (χ3n) is 9.58. The number of amides is 1. The second kappa shape index (κ2) is 8.54. The largest absolute Gasteiger partial charge is 0.417 e. The van der Waals surface area contributed by atoms with Crippen LogP contribution in [0.15, 0.2) is 36.5 Å². The number of nitrogens with zero attached hydrogens (tertiary/aromatic N) is 3. The number of alkyl halides is 3. The van der Waals surface area contributed by atoms with Crippen LogP contribution in [0.1, 0.15) is 67.3 Å². The average molecular weight is 502 g/mol. The van der Waals surface area contributed by atoms with Gasteiger partial charge in [0, 0.05) is 36.9 Å². The molecule has 1 amide bonds. The zero-order valence-corrected chi connectivity index (χ0v) is 20.4. The van der Waals surface area contributed by atoms with Crippen molar-refractivity contribution in [3.63, 3.8) is 0 Å². The second-order valence-electron chi connectivity index (χ2n) is 11.2. The summed E-state index contributed by atoms with van der Waals surface area (Å²) in [6, 6.07) is 8.36. The minimum atomic E-state index is -4.44. The Morgan fingerprint density at radius 3 is 2.50 bits per heavy atom. The van der Waals surface area contributed by atoms with Crippen molar-refractivity contribution in [1.29, 1.82) is 0 Å². The van der Waals surface area contributed by atoms with Crippen LogP contribution in [0.2, 0.25) is 0 Å². The van der Waals surface area contributed by atoms with Gasteiger partial charge in [0.1, 0.15) is 5.82 Å². The molecule has 192 valence electrons. The number of carbonyl (C=O) groups is 1. The van der Waals surface area contributed by atoms with Gasteiger partial charge in [-0.1, -0.05) is 19.1 Å². The van der Waals surface area contributed by atoms with Gasteiger partial charge in [-0.3, -0.25) is 9.78 Å². The molecule has 1 aromatic heterocycles. The third-order valence-corrected chi connectivity index (χ3v) is 9.58. The number of hydrogen-bond acceptors (Lipinski definition) is 3. The normalized spacial score (nSPS) is 31.2. The SMILES string of the molecule is CC1C2Cc3ncc(C(F)(F)F)cc3CN2C(=O)[C@]12CC[C@@H](N1CCC(c3ccc(F)cc3)CC1)C2. The lowest BCUT2D eigenvalue weighted by Crippen LogP contribution is -2.42. The molecule has 8 heteroatoms. The maximum atomic E-state index is 13.8. The number of piperidine rings is 1. The Kier molecular flexibility index (Phi) is 5.67. The summed E-state index contributed by atoms with van der Waals surface area (Å²) in [4.78, 5) is 22.3. The molecule has 0 N–H and O–H groups in total. The van der Waals surface area contributed by atoms with Crippen LogP contribution in [0.25, 0.3) is 0 Å². The summed E-state index contributed by atoms with van der Waals surface area (Å²) >= 11 is 0. The molecular formula is C28H31F4N3O. The van der Waals surface area contributed by atoms with E-state index in [4.69, 9.17) is 0 Å². The summed E-state index contributed by atoms with van der Waals surface area (Å²) < 4.78 is 53.0. The molecule has 2 saturated heterocycles. The molecule has 2 aromatic rings. The molecule has 3 aliphatic heterocycles. The van der Waals surface area contributed by atoms with Crippen LogP contribution >= 0.6 is 0 Å². The van der Waals surface area contributed by atoms with Crippen molar-refractivity contribution in [2.45, 2.75) is 76.2 Å². The van der Waals surface area contributed by atoms with E-state index in [9.17, 15) is 22.4 Å². The van der Waals surface area contributed by atoms with E-state index in [0.717, 1.165) is 51.4 Å². The highest BCUT2D eigenvalue weighted by Gasteiger charge is 2.61. The Labute approximate surface area is 208 Å². The Morgan fingerprint density at radius 1 is 1.08 bits per heavy atom. The molecular weight excluding hydrogens is 470 g/mol. The molecule has 0 bridgehead atoms. The molecule has 6 rings (SSSR count). The first-order valence-electron chi connectivity index (χ1n) is 13.0. The number of likely N-dealkylation sites (tertiary alicyclic amines) is 1. The van der Waals surface area contributed by atoms with E-state index in [1.807, 2.05) is 17.0 Å². The molecule has 0 radical (unpaired) electrons. The van der Waals surface area contributed by atoms with Crippen molar-refractivity contribution in [3.8, 4) is 0 Å². The molecule has 1 aliphatic carbocycles. The van der Waals surface area contributed by atoms with Crippen LogP contribution in [-0.4, -0.2) is 45.9 Å².